The van der Waals surface area contributed by atoms with Crippen molar-refractivity contribution in [1.29, 1.82) is 0 Å². The van der Waals surface area contributed by atoms with Gasteiger partial charge in [0.15, 0.2) is 5.78 Å². The Labute approximate surface area is 153 Å². The molecule has 134 valence electrons. The first kappa shape index (κ1) is 16.8. The lowest BCUT2D eigenvalue weighted by atomic mass is 9.77. The van der Waals surface area contributed by atoms with Gasteiger partial charge in [0.1, 0.15) is 5.75 Å². The molecule has 0 fully saturated rings. The Balaban J connectivity index is 1.79. The fourth-order valence-corrected chi connectivity index (χ4v) is 4.35. The molecular formula is C21H23N3O2. The average molecular weight is 349 g/mol. The number of hydrogen-bond acceptors (Lipinski definition) is 5. The second-order valence-corrected chi connectivity index (χ2v) is 7.23. The highest BCUT2D eigenvalue weighted by Crippen LogP contribution is 2.42. The van der Waals surface area contributed by atoms with Crippen LogP contribution >= 0.6 is 0 Å². The molecule has 5 heteroatoms. The van der Waals surface area contributed by atoms with Gasteiger partial charge in [0, 0.05) is 17.9 Å². The predicted molar refractivity (Wildman–Crippen MR) is 101 cm³/mol. The lowest BCUT2D eigenvalue weighted by molar-refractivity contribution is 0.0961. The molecular weight excluding hydrogens is 326 g/mol. The third-order valence-corrected chi connectivity index (χ3v) is 5.46. The maximum absolute atomic E-state index is 12.8. The summed E-state index contributed by atoms with van der Waals surface area (Å²) in [4.78, 5) is 21.2. The number of rotatable bonds is 2. The quantitative estimate of drug-likeness (QED) is 0.857. The van der Waals surface area contributed by atoms with Crippen molar-refractivity contribution in [2.75, 3.05) is 5.73 Å². The van der Waals surface area contributed by atoms with Crippen molar-refractivity contribution in [2.24, 2.45) is 0 Å². The van der Waals surface area contributed by atoms with Gasteiger partial charge in [-0.1, -0.05) is 18.2 Å². The Morgan fingerprint density at radius 3 is 2.81 bits per heavy atom. The van der Waals surface area contributed by atoms with E-state index in [1.54, 1.807) is 13.0 Å². The third kappa shape index (κ3) is 2.87. The number of phenols is 1. The fourth-order valence-electron chi connectivity index (χ4n) is 4.35. The summed E-state index contributed by atoms with van der Waals surface area (Å²) in [5.74, 6) is 0.388. The predicted octanol–water partition coefficient (Wildman–Crippen LogP) is 3.94. The van der Waals surface area contributed by atoms with Crippen LogP contribution in [0, 0.1) is 6.92 Å². The third-order valence-electron chi connectivity index (χ3n) is 5.46. The Hall–Kier alpha value is -2.69. The second-order valence-electron chi connectivity index (χ2n) is 7.23. The summed E-state index contributed by atoms with van der Waals surface area (Å²) in [6.45, 7) is 1.80. The summed E-state index contributed by atoms with van der Waals surface area (Å²) in [6.07, 6.45) is 7.68. The fraction of sp³-hybridized carbons (Fsp3) is 0.381. The molecule has 1 unspecified atom stereocenters. The molecule has 0 aliphatic heterocycles. The van der Waals surface area contributed by atoms with Crippen molar-refractivity contribution in [3.8, 4) is 5.75 Å². The van der Waals surface area contributed by atoms with E-state index in [0.717, 1.165) is 30.4 Å². The van der Waals surface area contributed by atoms with E-state index in [2.05, 4.69) is 22.1 Å². The maximum Gasteiger partial charge on any atom is 0.220 e. The van der Waals surface area contributed by atoms with Gasteiger partial charge in [-0.2, -0.15) is 0 Å². The molecule has 2 aliphatic carbocycles. The number of phenolic OH excluding ortho intramolecular Hbond substituents is 1. The van der Waals surface area contributed by atoms with E-state index >= 15 is 0 Å². The molecule has 1 aromatic carbocycles. The summed E-state index contributed by atoms with van der Waals surface area (Å²) in [7, 11) is 0. The van der Waals surface area contributed by atoms with Crippen molar-refractivity contribution in [3.05, 3.63) is 52.4 Å². The van der Waals surface area contributed by atoms with E-state index in [9.17, 15) is 9.90 Å². The van der Waals surface area contributed by atoms with Gasteiger partial charge in [-0.25, -0.2) is 9.97 Å². The van der Waals surface area contributed by atoms with Crippen LogP contribution in [0.15, 0.2) is 24.3 Å². The number of aromatic nitrogens is 2. The van der Waals surface area contributed by atoms with E-state index in [4.69, 9.17) is 5.73 Å². The van der Waals surface area contributed by atoms with Crippen LogP contribution in [0.2, 0.25) is 0 Å². The lowest BCUT2D eigenvalue weighted by Crippen LogP contribution is -2.23. The first-order chi connectivity index (χ1) is 12.5. The Bertz CT molecular complexity index is 918. The number of nitrogens with two attached hydrogens (primary N) is 1. The van der Waals surface area contributed by atoms with E-state index in [1.807, 2.05) is 6.07 Å². The number of aryl methyl sites for hydroxylation is 1. The standard InChI is InChI=1S/C21H23N3O2/c1-12-19-16(24-21(22)23-12)10-14(11-18(19)26)20-15(8-5-9-17(20)25)13-6-3-2-4-7-13/h5-6,8-9,14,25H,2-4,7,10-11H2,1H3,(H2,22,23,24). The minimum Gasteiger partial charge on any atom is -0.508 e. The number of ketones is 1. The van der Waals surface area contributed by atoms with Crippen LogP contribution < -0.4 is 5.73 Å². The number of fused-ring (bicyclic) bond motifs is 1. The number of anilines is 1. The van der Waals surface area contributed by atoms with Crippen LogP contribution in [-0.4, -0.2) is 20.9 Å². The molecule has 1 aromatic heterocycles. The van der Waals surface area contributed by atoms with Crippen LogP contribution in [-0.2, 0) is 6.42 Å². The van der Waals surface area contributed by atoms with Gasteiger partial charge in [-0.3, -0.25) is 4.79 Å². The Kier molecular flexibility index (Phi) is 4.23. The van der Waals surface area contributed by atoms with Crippen molar-refractivity contribution >= 4 is 17.3 Å². The molecule has 1 heterocycles. The number of nitrogen functional groups attached to an aromatic ring is 1. The Morgan fingerprint density at radius 2 is 2.04 bits per heavy atom. The normalized spacial score (nSPS) is 19.8. The van der Waals surface area contributed by atoms with Gasteiger partial charge in [-0.15, -0.1) is 0 Å². The van der Waals surface area contributed by atoms with Crippen molar-refractivity contribution in [1.82, 2.24) is 9.97 Å². The van der Waals surface area contributed by atoms with E-state index in [-0.39, 0.29) is 23.4 Å². The molecule has 0 radical (unpaired) electrons. The number of nitrogens with zero attached hydrogens (tertiary/aromatic N) is 2. The molecule has 26 heavy (non-hydrogen) atoms. The first-order valence-electron chi connectivity index (χ1n) is 9.22. The number of aromatic hydroxyl groups is 1. The molecule has 3 N–H and O–H groups in total. The molecule has 0 saturated heterocycles. The summed E-state index contributed by atoms with van der Waals surface area (Å²) in [5, 5.41) is 10.6. The van der Waals surface area contributed by atoms with Crippen LogP contribution in [0.4, 0.5) is 5.95 Å². The number of hydrogen-bond donors (Lipinski definition) is 2. The zero-order valence-corrected chi connectivity index (χ0v) is 15.0. The molecule has 0 spiro atoms. The largest absolute Gasteiger partial charge is 0.508 e. The van der Waals surface area contributed by atoms with Gasteiger partial charge in [0.2, 0.25) is 5.95 Å². The Morgan fingerprint density at radius 1 is 1.19 bits per heavy atom. The SMILES string of the molecule is Cc1nc(N)nc2c1C(=O)CC(c1c(O)cccc1C1=CCCCC1)C2. The molecule has 0 saturated carbocycles. The number of allylic oxidation sites excluding steroid dienone is 2. The summed E-state index contributed by atoms with van der Waals surface area (Å²) in [6, 6.07) is 5.65. The van der Waals surface area contributed by atoms with Gasteiger partial charge >= 0.3 is 0 Å². The molecule has 2 aromatic rings. The van der Waals surface area contributed by atoms with E-state index in [1.165, 1.54) is 12.0 Å². The summed E-state index contributed by atoms with van der Waals surface area (Å²) < 4.78 is 0. The van der Waals surface area contributed by atoms with Crippen molar-refractivity contribution in [3.63, 3.8) is 0 Å². The average Bonchev–Trinajstić information content (AvgIpc) is 2.61. The summed E-state index contributed by atoms with van der Waals surface area (Å²) >= 11 is 0. The smallest absolute Gasteiger partial charge is 0.220 e. The van der Waals surface area contributed by atoms with Crippen molar-refractivity contribution in [2.45, 2.75) is 51.4 Å². The minimum absolute atomic E-state index is 0.0283. The number of benzene rings is 1. The first-order valence-corrected chi connectivity index (χ1v) is 9.22. The van der Waals surface area contributed by atoms with E-state index < -0.39 is 0 Å². The van der Waals surface area contributed by atoms with Gasteiger partial charge < -0.3 is 10.8 Å². The van der Waals surface area contributed by atoms with Crippen molar-refractivity contribution < 1.29 is 9.90 Å². The van der Waals surface area contributed by atoms with Crippen LogP contribution in [0.3, 0.4) is 0 Å². The van der Waals surface area contributed by atoms with Crippen LogP contribution in [0.5, 0.6) is 5.75 Å². The van der Waals surface area contributed by atoms with Gasteiger partial charge in [-0.05, 0) is 56.2 Å². The molecule has 2 aliphatic rings. The molecule has 4 rings (SSSR count). The highest BCUT2D eigenvalue weighted by atomic mass is 16.3. The zero-order chi connectivity index (χ0) is 18.3. The second kappa shape index (κ2) is 6.56. The van der Waals surface area contributed by atoms with Gasteiger partial charge in [0.25, 0.3) is 0 Å². The lowest BCUT2D eigenvalue weighted by Gasteiger charge is -2.27. The molecule has 0 bridgehead atoms. The highest BCUT2D eigenvalue weighted by molar-refractivity contribution is 6.00. The highest BCUT2D eigenvalue weighted by Gasteiger charge is 2.32. The number of carbonyl (C=O) groups excluding carboxylic acids is 1. The number of carbonyl (C=O) groups is 1. The van der Waals surface area contributed by atoms with Crippen LogP contribution in [0.25, 0.3) is 5.57 Å². The minimum atomic E-state index is -0.0947. The summed E-state index contributed by atoms with van der Waals surface area (Å²) in [5.41, 5.74) is 11.0. The molecule has 0 amide bonds. The molecule has 1 atom stereocenters. The molecule has 5 nitrogen and oxygen atoms in total. The monoisotopic (exact) mass is 349 g/mol. The zero-order valence-electron chi connectivity index (χ0n) is 15.0. The maximum atomic E-state index is 12.8. The topological polar surface area (TPSA) is 89.1 Å². The van der Waals surface area contributed by atoms with E-state index in [0.29, 0.717) is 29.8 Å². The van der Waals surface area contributed by atoms with Crippen LogP contribution in [0.1, 0.15) is 70.9 Å². The number of Topliss-reactive ketones (excluding diaryl/α,β-unsaturated/α-hetero) is 1. The van der Waals surface area contributed by atoms with Gasteiger partial charge in [0.05, 0.1) is 17.0 Å².